The SMILES string of the molecule is Oc1cc(F)cc(F)c1Cn1nc2c(C(F)(F)F)cccc2c1-c1ccc2ccn(Cc3c(F)cccc3Cl)c2c1. The van der Waals surface area contributed by atoms with Gasteiger partial charge in [-0.1, -0.05) is 41.9 Å². The van der Waals surface area contributed by atoms with Crippen LogP contribution in [0.5, 0.6) is 5.75 Å². The number of phenols is 1. The van der Waals surface area contributed by atoms with Crippen LogP contribution in [0, 0.1) is 17.5 Å². The molecule has 0 aliphatic heterocycles. The molecule has 0 bridgehead atoms. The zero-order valence-electron chi connectivity index (χ0n) is 20.9. The molecular formula is C30H18ClF6N3O. The molecule has 0 saturated heterocycles. The van der Waals surface area contributed by atoms with E-state index in [4.69, 9.17) is 11.6 Å². The monoisotopic (exact) mass is 585 g/mol. The number of fused-ring (bicyclic) bond motifs is 2. The highest BCUT2D eigenvalue weighted by atomic mass is 35.5. The van der Waals surface area contributed by atoms with Crippen molar-refractivity contribution in [2.45, 2.75) is 19.3 Å². The van der Waals surface area contributed by atoms with Crippen LogP contribution in [0.1, 0.15) is 16.7 Å². The Labute approximate surface area is 233 Å². The number of benzene rings is 4. The third-order valence-electron chi connectivity index (χ3n) is 6.96. The van der Waals surface area contributed by atoms with Crippen molar-refractivity contribution in [2.75, 3.05) is 0 Å². The fourth-order valence-electron chi connectivity index (χ4n) is 5.02. The Hall–Kier alpha value is -4.44. The predicted octanol–water partition coefficient (Wildman–Crippen LogP) is 8.55. The summed E-state index contributed by atoms with van der Waals surface area (Å²) in [7, 11) is 0. The maximum atomic E-state index is 14.7. The van der Waals surface area contributed by atoms with Gasteiger partial charge in [-0.05, 0) is 35.7 Å². The summed E-state index contributed by atoms with van der Waals surface area (Å²) in [4.78, 5) is 0. The second kappa shape index (κ2) is 9.88. The Morgan fingerprint density at radius 3 is 2.34 bits per heavy atom. The Balaban J connectivity index is 1.56. The Morgan fingerprint density at radius 1 is 0.829 bits per heavy atom. The summed E-state index contributed by atoms with van der Waals surface area (Å²) in [5, 5.41) is 15.6. The summed E-state index contributed by atoms with van der Waals surface area (Å²) in [5.41, 5.74) is -0.153. The van der Waals surface area contributed by atoms with Crippen LogP contribution in [0.25, 0.3) is 33.1 Å². The molecule has 0 unspecified atom stereocenters. The van der Waals surface area contributed by atoms with Gasteiger partial charge in [0.25, 0.3) is 0 Å². The number of nitrogens with zero attached hydrogens (tertiary/aromatic N) is 3. The van der Waals surface area contributed by atoms with Gasteiger partial charge in [-0.2, -0.15) is 18.3 Å². The molecule has 6 rings (SSSR count). The van der Waals surface area contributed by atoms with Crippen molar-refractivity contribution < 1.29 is 31.4 Å². The van der Waals surface area contributed by atoms with Gasteiger partial charge in [0, 0.05) is 45.4 Å². The number of hydrogen-bond acceptors (Lipinski definition) is 2. The lowest BCUT2D eigenvalue weighted by Crippen LogP contribution is -2.08. The van der Waals surface area contributed by atoms with Crippen molar-refractivity contribution in [1.82, 2.24) is 14.3 Å². The normalized spacial score (nSPS) is 12.1. The zero-order valence-corrected chi connectivity index (χ0v) is 21.6. The second-order valence-corrected chi connectivity index (χ2v) is 9.92. The molecule has 208 valence electrons. The van der Waals surface area contributed by atoms with E-state index in [1.807, 2.05) is 0 Å². The minimum Gasteiger partial charge on any atom is -0.507 e. The third-order valence-corrected chi connectivity index (χ3v) is 7.31. The average Bonchev–Trinajstić information content (AvgIpc) is 3.48. The van der Waals surface area contributed by atoms with Crippen molar-refractivity contribution in [3.63, 3.8) is 0 Å². The minimum absolute atomic E-state index is 0.0886. The molecule has 6 aromatic rings. The van der Waals surface area contributed by atoms with Crippen LogP contribution in [0.15, 0.2) is 79.0 Å². The average molecular weight is 586 g/mol. The fraction of sp³-hybridized carbons (Fsp3) is 0.100. The topological polar surface area (TPSA) is 43.0 Å². The Kier molecular flexibility index (Phi) is 6.45. The van der Waals surface area contributed by atoms with Gasteiger partial charge < -0.3 is 9.67 Å². The standard InChI is InChI=1S/C30H18ClF6N3O/c31-23-5-2-6-24(33)20(23)14-39-10-9-16-7-8-17(11-26(16)39)29-19-3-1-4-22(30(35,36)37)28(19)38-40(29)15-21-25(34)12-18(32)13-27(21)41/h1-13,41H,14-15H2. The van der Waals surface area contributed by atoms with E-state index in [1.165, 1.54) is 24.3 Å². The Morgan fingerprint density at radius 2 is 1.61 bits per heavy atom. The summed E-state index contributed by atoms with van der Waals surface area (Å²) in [6.07, 6.45) is -2.99. The molecule has 0 aliphatic rings. The van der Waals surface area contributed by atoms with Crippen LogP contribution in [0.3, 0.4) is 0 Å². The molecule has 1 N–H and O–H groups in total. The van der Waals surface area contributed by atoms with E-state index in [9.17, 15) is 31.4 Å². The van der Waals surface area contributed by atoms with Crippen LogP contribution in [-0.2, 0) is 19.3 Å². The first-order valence-electron chi connectivity index (χ1n) is 12.3. The van der Waals surface area contributed by atoms with Crippen molar-refractivity contribution in [3.05, 3.63) is 118 Å². The summed E-state index contributed by atoms with van der Waals surface area (Å²) < 4.78 is 87.5. The van der Waals surface area contributed by atoms with Gasteiger partial charge >= 0.3 is 6.18 Å². The second-order valence-electron chi connectivity index (χ2n) is 9.51. The first kappa shape index (κ1) is 26.8. The van der Waals surface area contributed by atoms with Crippen LogP contribution in [0.4, 0.5) is 26.3 Å². The number of aromatic nitrogens is 3. The van der Waals surface area contributed by atoms with Crippen molar-refractivity contribution in [3.8, 4) is 17.0 Å². The highest BCUT2D eigenvalue weighted by Crippen LogP contribution is 2.39. The number of halogens is 7. The first-order chi connectivity index (χ1) is 19.5. The van der Waals surface area contributed by atoms with Crippen molar-refractivity contribution >= 4 is 33.4 Å². The maximum Gasteiger partial charge on any atom is 0.418 e. The van der Waals surface area contributed by atoms with E-state index in [-0.39, 0.29) is 39.3 Å². The Bertz CT molecular complexity index is 1920. The molecule has 2 aromatic heterocycles. The fourth-order valence-corrected chi connectivity index (χ4v) is 5.24. The van der Waals surface area contributed by atoms with Gasteiger partial charge in [0.1, 0.15) is 28.7 Å². The summed E-state index contributed by atoms with van der Waals surface area (Å²) in [6, 6.07) is 16.2. The summed E-state index contributed by atoms with van der Waals surface area (Å²) >= 11 is 6.23. The van der Waals surface area contributed by atoms with E-state index in [1.54, 1.807) is 41.1 Å². The highest BCUT2D eigenvalue weighted by Gasteiger charge is 2.35. The number of rotatable bonds is 5. The molecular weight excluding hydrogens is 568 g/mol. The molecule has 11 heteroatoms. The van der Waals surface area contributed by atoms with Gasteiger partial charge in [0.05, 0.1) is 29.9 Å². The quantitative estimate of drug-likeness (QED) is 0.206. The van der Waals surface area contributed by atoms with Gasteiger partial charge in [-0.15, -0.1) is 0 Å². The predicted molar refractivity (Wildman–Crippen MR) is 143 cm³/mol. The van der Waals surface area contributed by atoms with E-state index in [2.05, 4.69) is 5.10 Å². The van der Waals surface area contributed by atoms with Crippen molar-refractivity contribution in [1.29, 1.82) is 0 Å². The highest BCUT2D eigenvalue weighted by molar-refractivity contribution is 6.31. The summed E-state index contributed by atoms with van der Waals surface area (Å²) in [5.74, 6) is -3.26. The van der Waals surface area contributed by atoms with Crippen LogP contribution >= 0.6 is 11.6 Å². The van der Waals surface area contributed by atoms with Gasteiger partial charge in [0.15, 0.2) is 0 Å². The van der Waals surface area contributed by atoms with Crippen LogP contribution < -0.4 is 0 Å². The zero-order chi connectivity index (χ0) is 29.1. The minimum atomic E-state index is -4.73. The molecule has 0 aliphatic carbocycles. The van der Waals surface area contributed by atoms with Crippen molar-refractivity contribution in [2.24, 2.45) is 0 Å². The molecule has 0 atom stereocenters. The maximum absolute atomic E-state index is 14.7. The molecule has 4 nitrogen and oxygen atoms in total. The van der Waals surface area contributed by atoms with Crippen LogP contribution in [0.2, 0.25) is 5.02 Å². The number of aromatic hydroxyl groups is 1. The largest absolute Gasteiger partial charge is 0.507 e. The number of hydrogen-bond donors (Lipinski definition) is 1. The molecule has 0 fully saturated rings. The lowest BCUT2D eigenvalue weighted by Gasteiger charge is -2.12. The van der Waals surface area contributed by atoms with E-state index < -0.39 is 41.5 Å². The molecule has 0 saturated carbocycles. The number of phenolic OH excluding ortho intramolecular Hbond substituents is 1. The summed E-state index contributed by atoms with van der Waals surface area (Å²) in [6.45, 7) is -0.394. The van der Waals surface area contributed by atoms with E-state index in [0.29, 0.717) is 17.1 Å². The first-order valence-corrected chi connectivity index (χ1v) is 12.6. The smallest absolute Gasteiger partial charge is 0.418 e. The lowest BCUT2D eigenvalue weighted by atomic mass is 10.0. The molecule has 41 heavy (non-hydrogen) atoms. The van der Waals surface area contributed by atoms with E-state index in [0.717, 1.165) is 22.2 Å². The van der Waals surface area contributed by atoms with Crippen LogP contribution in [-0.4, -0.2) is 19.5 Å². The van der Waals surface area contributed by atoms with E-state index >= 15 is 0 Å². The third kappa shape index (κ3) is 4.78. The molecule has 0 spiro atoms. The molecule has 4 aromatic carbocycles. The molecule has 0 radical (unpaired) electrons. The van der Waals surface area contributed by atoms with Gasteiger partial charge in [0.2, 0.25) is 0 Å². The van der Waals surface area contributed by atoms with Gasteiger partial charge in [-0.3, -0.25) is 4.68 Å². The van der Waals surface area contributed by atoms with Gasteiger partial charge in [-0.25, -0.2) is 13.2 Å². The molecule has 0 amide bonds. The number of alkyl halides is 3. The lowest BCUT2D eigenvalue weighted by molar-refractivity contribution is -0.136. The molecule has 2 heterocycles.